The molecule has 2 fully saturated rings. The minimum atomic E-state index is 0.0348. The van der Waals surface area contributed by atoms with Gasteiger partial charge < -0.3 is 4.90 Å². The van der Waals surface area contributed by atoms with Crippen LogP contribution in [0.4, 0.5) is 5.69 Å². The number of anilines is 1. The Labute approximate surface area is 126 Å². The van der Waals surface area contributed by atoms with Gasteiger partial charge in [0.25, 0.3) is 0 Å². The van der Waals surface area contributed by atoms with Gasteiger partial charge in [-0.2, -0.15) is 0 Å². The fraction of sp³-hybridized carbons (Fsp3) is 0.588. The fourth-order valence-electron chi connectivity index (χ4n) is 3.82. The molecule has 1 saturated heterocycles. The van der Waals surface area contributed by atoms with Gasteiger partial charge in [0.05, 0.1) is 5.02 Å². The highest BCUT2D eigenvalue weighted by molar-refractivity contribution is 6.34. The summed E-state index contributed by atoms with van der Waals surface area (Å²) in [5.41, 5.74) is 1.80. The standard InChI is InChI=1S/C17H22ClNO/c1-12(20)16-7-6-15(10-17(16)18)19-9-8-13-4-2-3-5-14(13)11-19/h6-7,10,13-14H,2-5,8-9,11H2,1H3. The number of fused-ring (bicyclic) bond motifs is 1. The molecular formula is C17H22ClNO. The number of piperidine rings is 1. The van der Waals surface area contributed by atoms with E-state index in [0.29, 0.717) is 10.6 Å². The van der Waals surface area contributed by atoms with Crippen molar-refractivity contribution in [2.24, 2.45) is 11.8 Å². The van der Waals surface area contributed by atoms with E-state index in [0.717, 1.165) is 24.9 Å². The Bertz CT molecular complexity index is 514. The summed E-state index contributed by atoms with van der Waals surface area (Å²) < 4.78 is 0. The fourth-order valence-corrected chi connectivity index (χ4v) is 4.13. The molecule has 20 heavy (non-hydrogen) atoms. The van der Waals surface area contributed by atoms with Gasteiger partial charge >= 0.3 is 0 Å². The Morgan fingerprint density at radius 2 is 1.95 bits per heavy atom. The lowest BCUT2D eigenvalue weighted by Gasteiger charge is -2.42. The van der Waals surface area contributed by atoms with E-state index in [9.17, 15) is 4.79 Å². The maximum atomic E-state index is 11.4. The van der Waals surface area contributed by atoms with Crippen LogP contribution in [0.1, 0.15) is 49.4 Å². The van der Waals surface area contributed by atoms with Gasteiger partial charge in [-0.3, -0.25) is 4.79 Å². The summed E-state index contributed by atoms with van der Waals surface area (Å²) in [5, 5.41) is 0.584. The number of carbonyl (C=O) groups excluding carboxylic acids is 1. The summed E-state index contributed by atoms with van der Waals surface area (Å²) in [5.74, 6) is 1.82. The number of Topliss-reactive ketones (excluding diaryl/α,β-unsaturated/α-hetero) is 1. The van der Waals surface area contributed by atoms with Crippen LogP contribution in [0.15, 0.2) is 18.2 Å². The Morgan fingerprint density at radius 1 is 1.20 bits per heavy atom. The van der Waals surface area contributed by atoms with Gasteiger partial charge in [0.15, 0.2) is 5.78 Å². The molecule has 2 atom stereocenters. The Morgan fingerprint density at radius 3 is 2.65 bits per heavy atom. The summed E-state index contributed by atoms with van der Waals surface area (Å²) in [4.78, 5) is 13.9. The van der Waals surface area contributed by atoms with Crippen molar-refractivity contribution >= 4 is 23.1 Å². The Kier molecular flexibility index (Phi) is 4.02. The predicted octanol–water partition coefficient (Wildman–Crippen LogP) is 4.56. The van der Waals surface area contributed by atoms with Crippen molar-refractivity contribution < 1.29 is 4.79 Å². The van der Waals surface area contributed by atoms with Crippen molar-refractivity contribution in [3.63, 3.8) is 0 Å². The first kappa shape index (κ1) is 13.9. The van der Waals surface area contributed by atoms with Crippen molar-refractivity contribution in [3.05, 3.63) is 28.8 Å². The Hall–Kier alpha value is -1.02. The molecule has 0 aromatic heterocycles. The van der Waals surface area contributed by atoms with Crippen LogP contribution in [0.5, 0.6) is 0 Å². The van der Waals surface area contributed by atoms with Crippen LogP contribution in [-0.4, -0.2) is 18.9 Å². The molecular weight excluding hydrogens is 270 g/mol. The summed E-state index contributed by atoms with van der Waals surface area (Å²) in [7, 11) is 0. The second-order valence-electron chi connectivity index (χ2n) is 6.26. The lowest BCUT2D eigenvalue weighted by molar-refractivity contribution is 0.101. The van der Waals surface area contributed by atoms with Crippen molar-refractivity contribution in [1.29, 1.82) is 0 Å². The molecule has 2 unspecified atom stereocenters. The average Bonchev–Trinajstić information content (AvgIpc) is 2.46. The van der Waals surface area contributed by atoms with Crippen LogP contribution in [0.2, 0.25) is 5.02 Å². The molecule has 1 aliphatic carbocycles. The van der Waals surface area contributed by atoms with Crippen LogP contribution in [0.25, 0.3) is 0 Å². The number of benzene rings is 1. The number of halogens is 1. The maximum absolute atomic E-state index is 11.4. The summed E-state index contributed by atoms with van der Waals surface area (Å²) in [6.07, 6.45) is 6.90. The topological polar surface area (TPSA) is 20.3 Å². The van der Waals surface area contributed by atoms with E-state index >= 15 is 0 Å². The number of rotatable bonds is 2. The molecule has 2 aliphatic rings. The molecule has 2 nitrogen and oxygen atoms in total. The third-order valence-corrected chi connectivity index (χ3v) is 5.30. The van der Waals surface area contributed by atoms with Gasteiger partial charge in [0.2, 0.25) is 0 Å². The second-order valence-corrected chi connectivity index (χ2v) is 6.67. The molecule has 0 radical (unpaired) electrons. The predicted molar refractivity (Wildman–Crippen MR) is 83.7 cm³/mol. The van der Waals surface area contributed by atoms with Gasteiger partial charge in [-0.25, -0.2) is 0 Å². The number of hydrogen-bond donors (Lipinski definition) is 0. The van der Waals surface area contributed by atoms with E-state index in [4.69, 9.17) is 11.6 Å². The third-order valence-electron chi connectivity index (χ3n) is 4.99. The van der Waals surface area contributed by atoms with E-state index in [-0.39, 0.29) is 5.78 Å². The van der Waals surface area contributed by atoms with Gasteiger partial charge in [-0.1, -0.05) is 30.9 Å². The molecule has 0 bridgehead atoms. The van der Waals surface area contributed by atoms with Crippen LogP contribution in [0.3, 0.4) is 0 Å². The first-order valence-corrected chi connectivity index (χ1v) is 8.08. The first-order chi connectivity index (χ1) is 9.65. The van der Waals surface area contributed by atoms with Gasteiger partial charge in [-0.15, -0.1) is 0 Å². The monoisotopic (exact) mass is 291 g/mol. The SMILES string of the molecule is CC(=O)c1ccc(N2CCC3CCCCC3C2)cc1Cl. The number of carbonyl (C=O) groups is 1. The lowest BCUT2D eigenvalue weighted by atomic mass is 9.75. The first-order valence-electron chi connectivity index (χ1n) is 7.70. The molecule has 1 aromatic carbocycles. The highest BCUT2D eigenvalue weighted by Gasteiger charge is 2.31. The quantitative estimate of drug-likeness (QED) is 0.745. The molecule has 1 saturated carbocycles. The minimum Gasteiger partial charge on any atom is -0.371 e. The summed E-state index contributed by atoms with van der Waals surface area (Å²) in [6.45, 7) is 3.84. The van der Waals surface area contributed by atoms with Crippen LogP contribution in [-0.2, 0) is 0 Å². The summed E-state index contributed by atoms with van der Waals surface area (Å²) >= 11 is 6.23. The second kappa shape index (κ2) is 5.77. The zero-order valence-corrected chi connectivity index (χ0v) is 12.8. The van der Waals surface area contributed by atoms with E-state index < -0.39 is 0 Å². The van der Waals surface area contributed by atoms with Gasteiger partial charge in [0, 0.05) is 24.3 Å². The van der Waals surface area contributed by atoms with Crippen molar-refractivity contribution in [2.45, 2.75) is 39.0 Å². The molecule has 3 heteroatoms. The van der Waals surface area contributed by atoms with Gasteiger partial charge in [0.1, 0.15) is 0 Å². The number of ketones is 1. The van der Waals surface area contributed by atoms with Crippen LogP contribution >= 0.6 is 11.6 Å². The molecule has 0 spiro atoms. The zero-order valence-electron chi connectivity index (χ0n) is 12.1. The highest BCUT2D eigenvalue weighted by atomic mass is 35.5. The van der Waals surface area contributed by atoms with E-state index in [1.165, 1.54) is 37.8 Å². The van der Waals surface area contributed by atoms with Crippen molar-refractivity contribution in [3.8, 4) is 0 Å². The zero-order chi connectivity index (χ0) is 14.1. The minimum absolute atomic E-state index is 0.0348. The maximum Gasteiger partial charge on any atom is 0.161 e. The highest BCUT2D eigenvalue weighted by Crippen LogP contribution is 2.38. The molecule has 1 aliphatic heterocycles. The lowest BCUT2D eigenvalue weighted by Crippen LogP contribution is -2.41. The average molecular weight is 292 g/mol. The molecule has 0 amide bonds. The Balaban J connectivity index is 1.76. The van der Waals surface area contributed by atoms with Crippen molar-refractivity contribution in [1.82, 2.24) is 0 Å². The molecule has 1 aromatic rings. The number of hydrogen-bond acceptors (Lipinski definition) is 2. The molecule has 108 valence electrons. The third kappa shape index (κ3) is 2.71. The summed E-state index contributed by atoms with van der Waals surface area (Å²) in [6, 6.07) is 5.88. The molecule has 0 N–H and O–H groups in total. The van der Waals surface area contributed by atoms with Gasteiger partial charge in [-0.05, 0) is 49.8 Å². The van der Waals surface area contributed by atoms with E-state index in [1.807, 2.05) is 18.2 Å². The van der Waals surface area contributed by atoms with Crippen LogP contribution < -0.4 is 4.90 Å². The molecule has 3 rings (SSSR count). The number of nitrogens with zero attached hydrogens (tertiary/aromatic N) is 1. The van der Waals surface area contributed by atoms with E-state index in [2.05, 4.69) is 4.90 Å². The normalized spacial score (nSPS) is 26.2. The van der Waals surface area contributed by atoms with Crippen LogP contribution in [0, 0.1) is 11.8 Å². The van der Waals surface area contributed by atoms with E-state index in [1.54, 1.807) is 6.92 Å². The van der Waals surface area contributed by atoms with Crippen molar-refractivity contribution in [2.75, 3.05) is 18.0 Å². The largest absolute Gasteiger partial charge is 0.371 e. The smallest absolute Gasteiger partial charge is 0.161 e. The molecule has 1 heterocycles.